The van der Waals surface area contributed by atoms with Gasteiger partial charge in [-0.05, 0) is 40.5 Å². The first kappa shape index (κ1) is 16.3. The van der Waals surface area contributed by atoms with Crippen LogP contribution in [0, 0.1) is 11.3 Å². The minimum atomic E-state index is -4.89. The maximum atomic E-state index is 12.3. The third-order valence-corrected chi connectivity index (χ3v) is 3.01. The normalized spacial score (nSPS) is 10.8. The van der Waals surface area contributed by atoms with Crippen LogP contribution in [-0.2, 0) is 16.0 Å². The van der Waals surface area contributed by atoms with E-state index in [9.17, 15) is 18.0 Å². The van der Waals surface area contributed by atoms with Crippen molar-refractivity contribution in [3.63, 3.8) is 0 Å². The predicted octanol–water partition coefficient (Wildman–Crippen LogP) is 3.32. The first-order valence-corrected chi connectivity index (χ1v) is 6.20. The van der Waals surface area contributed by atoms with E-state index in [0.29, 0.717) is 0 Å². The maximum absolute atomic E-state index is 12.3. The van der Waals surface area contributed by atoms with E-state index in [2.05, 4.69) is 20.7 Å². The second-order valence-electron chi connectivity index (χ2n) is 3.59. The summed E-state index contributed by atoms with van der Waals surface area (Å²) in [5.74, 6) is -1.18. The lowest BCUT2D eigenvalue weighted by atomic mass is 10.1. The summed E-state index contributed by atoms with van der Waals surface area (Å²) in [6.45, 7) is 1.76. The zero-order valence-electron chi connectivity index (χ0n) is 10.3. The van der Waals surface area contributed by atoms with Gasteiger partial charge in [0.05, 0.1) is 29.1 Å². The standard InChI is InChI=1S/C12H9BrF3NO3/c1-2-19-10(18)5-8-3-7(6-17)4-9(11(8)13)20-12(14,15)16/h3-4H,2,5H2,1H3. The number of carbonyl (C=O) groups is 1. The van der Waals surface area contributed by atoms with Crippen molar-refractivity contribution in [2.24, 2.45) is 0 Å². The Balaban J connectivity index is 3.15. The first-order chi connectivity index (χ1) is 9.26. The Hall–Kier alpha value is -1.75. The molecule has 0 bridgehead atoms. The van der Waals surface area contributed by atoms with Crippen molar-refractivity contribution in [3.8, 4) is 11.8 Å². The van der Waals surface area contributed by atoms with Gasteiger partial charge >= 0.3 is 12.3 Å². The number of hydrogen-bond donors (Lipinski definition) is 0. The lowest BCUT2D eigenvalue weighted by Gasteiger charge is -2.13. The van der Waals surface area contributed by atoms with Crippen molar-refractivity contribution < 1.29 is 27.4 Å². The molecule has 8 heteroatoms. The van der Waals surface area contributed by atoms with Gasteiger partial charge in [-0.2, -0.15) is 5.26 Å². The van der Waals surface area contributed by atoms with Gasteiger partial charge in [-0.3, -0.25) is 4.79 Å². The van der Waals surface area contributed by atoms with E-state index in [0.717, 1.165) is 6.07 Å². The molecule has 0 spiro atoms. The molecule has 0 atom stereocenters. The second kappa shape index (κ2) is 6.61. The number of benzene rings is 1. The van der Waals surface area contributed by atoms with E-state index in [1.54, 1.807) is 13.0 Å². The third-order valence-electron chi connectivity index (χ3n) is 2.11. The van der Waals surface area contributed by atoms with E-state index < -0.39 is 18.1 Å². The Morgan fingerprint density at radius 2 is 2.10 bits per heavy atom. The van der Waals surface area contributed by atoms with Gasteiger partial charge < -0.3 is 9.47 Å². The SMILES string of the molecule is CCOC(=O)Cc1cc(C#N)cc(OC(F)(F)F)c1Br. The van der Waals surface area contributed by atoms with Crippen molar-refractivity contribution in [1.82, 2.24) is 0 Å². The number of hydrogen-bond acceptors (Lipinski definition) is 4. The average molecular weight is 352 g/mol. The minimum absolute atomic E-state index is 0.0399. The summed E-state index contributed by atoms with van der Waals surface area (Å²) in [4.78, 5) is 11.4. The van der Waals surface area contributed by atoms with Crippen LogP contribution < -0.4 is 4.74 Å². The average Bonchev–Trinajstić information content (AvgIpc) is 2.32. The number of ether oxygens (including phenoxy) is 2. The van der Waals surface area contributed by atoms with Crippen molar-refractivity contribution in [3.05, 3.63) is 27.7 Å². The molecule has 0 heterocycles. The van der Waals surface area contributed by atoms with E-state index >= 15 is 0 Å². The van der Waals surface area contributed by atoms with Crippen LogP contribution in [0.3, 0.4) is 0 Å². The van der Waals surface area contributed by atoms with Gasteiger partial charge in [-0.25, -0.2) is 0 Å². The topological polar surface area (TPSA) is 59.3 Å². The zero-order valence-corrected chi connectivity index (χ0v) is 11.8. The summed E-state index contributed by atoms with van der Waals surface area (Å²) < 4.78 is 45.2. The molecule has 0 amide bonds. The lowest BCUT2D eigenvalue weighted by molar-refractivity contribution is -0.274. The molecule has 0 aliphatic rings. The van der Waals surface area contributed by atoms with Gasteiger partial charge in [0.2, 0.25) is 0 Å². The fourth-order valence-corrected chi connectivity index (χ4v) is 1.87. The van der Waals surface area contributed by atoms with E-state index in [1.807, 2.05) is 0 Å². The largest absolute Gasteiger partial charge is 0.573 e. The quantitative estimate of drug-likeness (QED) is 0.780. The second-order valence-corrected chi connectivity index (χ2v) is 4.38. The fraction of sp³-hybridized carbons (Fsp3) is 0.333. The maximum Gasteiger partial charge on any atom is 0.573 e. The van der Waals surface area contributed by atoms with Crippen LogP contribution in [0.1, 0.15) is 18.1 Å². The van der Waals surface area contributed by atoms with Crippen LogP contribution in [-0.4, -0.2) is 18.9 Å². The number of carbonyl (C=O) groups excluding carboxylic acids is 1. The molecule has 0 aliphatic carbocycles. The summed E-state index contributed by atoms with van der Waals surface area (Å²) in [5, 5.41) is 8.79. The van der Waals surface area contributed by atoms with E-state index in [4.69, 9.17) is 10.00 Å². The molecule has 0 N–H and O–H groups in total. The molecule has 0 fully saturated rings. The molecule has 108 valence electrons. The number of alkyl halides is 3. The van der Waals surface area contributed by atoms with Crippen LogP contribution in [0.15, 0.2) is 16.6 Å². The summed E-state index contributed by atoms with van der Waals surface area (Å²) in [6.07, 6.45) is -5.16. The Morgan fingerprint density at radius 3 is 2.60 bits per heavy atom. The van der Waals surface area contributed by atoms with Crippen LogP contribution >= 0.6 is 15.9 Å². The molecule has 1 aromatic carbocycles. The van der Waals surface area contributed by atoms with Crippen molar-refractivity contribution in [2.75, 3.05) is 6.61 Å². The molecular weight excluding hydrogens is 343 g/mol. The molecule has 1 aromatic rings. The van der Waals surface area contributed by atoms with Crippen molar-refractivity contribution >= 4 is 21.9 Å². The summed E-state index contributed by atoms with van der Waals surface area (Å²) >= 11 is 2.93. The molecule has 0 saturated carbocycles. The Morgan fingerprint density at radius 1 is 1.45 bits per heavy atom. The highest BCUT2D eigenvalue weighted by Gasteiger charge is 2.32. The first-order valence-electron chi connectivity index (χ1n) is 5.40. The minimum Gasteiger partial charge on any atom is -0.466 e. The molecule has 0 aromatic heterocycles. The summed E-state index contributed by atoms with van der Waals surface area (Å²) in [6, 6.07) is 3.94. The van der Waals surface area contributed by atoms with Gasteiger partial charge in [0, 0.05) is 0 Å². The van der Waals surface area contributed by atoms with Crippen molar-refractivity contribution in [2.45, 2.75) is 19.7 Å². The molecular formula is C12H9BrF3NO3. The number of nitrogens with zero attached hydrogens (tertiary/aromatic N) is 1. The Labute approximate surface area is 121 Å². The van der Waals surface area contributed by atoms with Crippen molar-refractivity contribution in [1.29, 1.82) is 5.26 Å². The van der Waals surface area contributed by atoms with Gasteiger partial charge in [0.1, 0.15) is 5.75 Å². The predicted molar refractivity (Wildman–Crippen MR) is 65.9 cm³/mol. The third kappa shape index (κ3) is 4.74. The zero-order chi connectivity index (χ0) is 15.3. The Kier molecular flexibility index (Phi) is 5.39. The highest BCUT2D eigenvalue weighted by Crippen LogP contribution is 2.34. The molecule has 0 aliphatic heterocycles. The molecule has 0 radical (unpaired) electrons. The smallest absolute Gasteiger partial charge is 0.466 e. The summed E-state index contributed by atoms with van der Waals surface area (Å²) in [7, 11) is 0. The molecule has 0 unspecified atom stereocenters. The molecule has 1 rings (SSSR count). The summed E-state index contributed by atoms with van der Waals surface area (Å²) in [5.41, 5.74) is 0.133. The van der Waals surface area contributed by atoms with Crippen LogP contribution in [0.4, 0.5) is 13.2 Å². The molecule has 4 nitrogen and oxygen atoms in total. The monoisotopic (exact) mass is 351 g/mol. The highest BCUT2D eigenvalue weighted by atomic mass is 79.9. The number of rotatable bonds is 4. The number of esters is 1. The number of halogens is 4. The van der Waals surface area contributed by atoms with E-state index in [-0.39, 0.29) is 28.6 Å². The van der Waals surface area contributed by atoms with Gasteiger partial charge in [-0.15, -0.1) is 13.2 Å². The Bertz CT molecular complexity index is 552. The van der Waals surface area contributed by atoms with Crippen LogP contribution in [0.5, 0.6) is 5.75 Å². The van der Waals surface area contributed by atoms with Crippen LogP contribution in [0.25, 0.3) is 0 Å². The van der Waals surface area contributed by atoms with Gasteiger partial charge in [0.15, 0.2) is 0 Å². The van der Waals surface area contributed by atoms with Gasteiger partial charge in [0.25, 0.3) is 0 Å². The van der Waals surface area contributed by atoms with Crippen LogP contribution in [0.2, 0.25) is 0 Å². The highest BCUT2D eigenvalue weighted by molar-refractivity contribution is 9.10. The molecule has 20 heavy (non-hydrogen) atoms. The van der Waals surface area contributed by atoms with E-state index in [1.165, 1.54) is 6.07 Å². The molecule has 0 saturated heterocycles. The fourth-order valence-electron chi connectivity index (χ4n) is 1.42. The lowest BCUT2D eigenvalue weighted by Crippen LogP contribution is -2.18. The van der Waals surface area contributed by atoms with Gasteiger partial charge in [-0.1, -0.05) is 0 Å². The number of nitriles is 1.